The lowest BCUT2D eigenvalue weighted by Gasteiger charge is -2.40. The standard InChI is InChI=1S/C20H23NO5/c1-11-9-19(2,3)21-17-13(11)7-12(25-4)8-14(17)20(24,18(21)23)15-10-26-6-5-16(15)22/h7-9,15,24H,5-6,10H2,1-4H3. The number of benzene rings is 1. The molecule has 0 aromatic heterocycles. The van der Waals surface area contributed by atoms with E-state index in [1.807, 2.05) is 32.9 Å². The van der Waals surface area contributed by atoms with Crippen LogP contribution in [-0.4, -0.2) is 42.7 Å². The first-order valence-electron chi connectivity index (χ1n) is 8.81. The summed E-state index contributed by atoms with van der Waals surface area (Å²) in [7, 11) is 1.54. The number of ether oxygens (including phenoxy) is 2. The van der Waals surface area contributed by atoms with Gasteiger partial charge in [-0.15, -0.1) is 0 Å². The van der Waals surface area contributed by atoms with Crippen LogP contribution in [0.3, 0.4) is 0 Å². The number of methoxy groups -OCH3 is 1. The van der Waals surface area contributed by atoms with Crippen molar-refractivity contribution in [3.8, 4) is 5.75 Å². The SMILES string of the molecule is COc1cc2c3c(c1)C(O)(C1COCCC1=O)C(=O)N3C(C)(C)C=C2C. The molecule has 2 atom stereocenters. The highest BCUT2D eigenvalue weighted by molar-refractivity contribution is 6.14. The second-order valence-corrected chi connectivity index (χ2v) is 7.80. The topological polar surface area (TPSA) is 76.1 Å². The van der Waals surface area contributed by atoms with Gasteiger partial charge in [0, 0.05) is 17.5 Å². The van der Waals surface area contributed by atoms with Crippen LogP contribution in [0.4, 0.5) is 5.69 Å². The number of amides is 1. The van der Waals surface area contributed by atoms with Gasteiger partial charge < -0.3 is 14.6 Å². The normalized spacial score (nSPS) is 29.5. The minimum Gasteiger partial charge on any atom is -0.497 e. The number of hydrogen-bond donors (Lipinski definition) is 1. The van der Waals surface area contributed by atoms with Gasteiger partial charge in [-0.2, -0.15) is 0 Å². The number of carbonyl (C=O) groups is 2. The summed E-state index contributed by atoms with van der Waals surface area (Å²) in [5.74, 6) is -0.990. The zero-order valence-corrected chi connectivity index (χ0v) is 15.5. The molecule has 26 heavy (non-hydrogen) atoms. The smallest absolute Gasteiger partial charge is 0.265 e. The molecule has 0 saturated carbocycles. The molecule has 1 N–H and O–H groups in total. The third-order valence-electron chi connectivity index (χ3n) is 5.72. The van der Waals surface area contributed by atoms with E-state index in [4.69, 9.17) is 9.47 Å². The van der Waals surface area contributed by atoms with Gasteiger partial charge in [-0.3, -0.25) is 14.5 Å². The maximum Gasteiger partial charge on any atom is 0.265 e. The molecule has 0 bridgehead atoms. The molecule has 4 rings (SSSR count). The number of nitrogens with zero attached hydrogens (tertiary/aromatic N) is 1. The molecule has 6 heteroatoms. The number of rotatable bonds is 2. The number of aliphatic hydroxyl groups is 1. The summed E-state index contributed by atoms with van der Waals surface area (Å²) >= 11 is 0. The summed E-state index contributed by atoms with van der Waals surface area (Å²) in [6.07, 6.45) is 2.20. The first-order valence-corrected chi connectivity index (χ1v) is 8.81. The molecular formula is C20H23NO5. The van der Waals surface area contributed by atoms with Crippen molar-refractivity contribution < 1.29 is 24.2 Å². The van der Waals surface area contributed by atoms with Crippen molar-refractivity contribution >= 4 is 23.0 Å². The molecule has 2 unspecified atom stereocenters. The molecule has 1 aromatic carbocycles. The van der Waals surface area contributed by atoms with E-state index < -0.39 is 23.0 Å². The number of carbonyl (C=O) groups excluding carboxylic acids is 2. The van der Waals surface area contributed by atoms with Crippen LogP contribution in [0.2, 0.25) is 0 Å². The highest BCUT2D eigenvalue weighted by atomic mass is 16.5. The van der Waals surface area contributed by atoms with Gasteiger partial charge in [0.1, 0.15) is 11.5 Å². The van der Waals surface area contributed by atoms with Gasteiger partial charge in [-0.25, -0.2) is 0 Å². The van der Waals surface area contributed by atoms with E-state index in [0.29, 0.717) is 23.6 Å². The molecule has 3 aliphatic heterocycles. The van der Waals surface area contributed by atoms with Gasteiger partial charge >= 0.3 is 0 Å². The summed E-state index contributed by atoms with van der Waals surface area (Å²) in [4.78, 5) is 27.6. The molecule has 0 radical (unpaired) electrons. The Morgan fingerprint density at radius 2 is 2.04 bits per heavy atom. The summed E-state index contributed by atoms with van der Waals surface area (Å²) in [6.45, 7) is 6.19. The number of anilines is 1. The van der Waals surface area contributed by atoms with Crippen molar-refractivity contribution in [2.75, 3.05) is 25.2 Å². The third kappa shape index (κ3) is 2.06. The lowest BCUT2D eigenvalue weighted by molar-refractivity contribution is -0.159. The lowest BCUT2D eigenvalue weighted by atomic mass is 9.78. The quantitative estimate of drug-likeness (QED) is 0.876. The van der Waals surface area contributed by atoms with E-state index in [2.05, 4.69) is 0 Å². The Bertz CT molecular complexity index is 856. The van der Waals surface area contributed by atoms with Gasteiger partial charge in [-0.05, 0) is 38.5 Å². The molecular weight excluding hydrogens is 334 g/mol. The van der Waals surface area contributed by atoms with Gasteiger partial charge in [0.2, 0.25) is 0 Å². The van der Waals surface area contributed by atoms with Crippen molar-refractivity contribution in [2.45, 2.75) is 38.3 Å². The predicted molar refractivity (Wildman–Crippen MR) is 96.0 cm³/mol. The highest BCUT2D eigenvalue weighted by Gasteiger charge is 2.61. The minimum absolute atomic E-state index is 0.0355. The van der Waals surface area contributed by atoms with E-state index in [0.717, 1.165) is 11.1 Å². The van der Waals surface area contributed by atoms with Crippen LogP contribution in [0.25, 0.3) is 5.57 Å². The predicted octanol–water partition coefficient (Wildman–Crippen LogP) is 2.03. The van der Waals surface area contributed by atoms with Crippen LogP contribution in [0, 0.1) is 5.92 Å². The molecule has 1 amide bonds. The highest BCUT2D eigenvalue weighted by Crippen LogP contribution is 2.54. The Kier molecular flexibility index (Phi) is 3.59. The van der Waals surface area contributed by atoms with Gasteiger partial charge in [0.05, 0.1) is 37.5 Å². The monoisotopic (exact) mass is 357 g/mol. The van der Waals surface area contributed by atoms with E-state index in [1.165, 1.54) is 0 Å². The lowest BCUT2D eigenvalue weighted by Crippen LogP contribution is -2.56. The van der Waals surface area contributed by atoms with Gasteiger partial charge in [-0.1, -0.05) is 6.08 Å². The number of ketones is 1. The Hall–Kier alpha value is -2.18. The Morgan fingerprint density at radius 1 is 1.31 bits per heavy atom. The molecule has 3 heterocycles. The number of allylic oxidation sites excluding steroid dienone is 1. The van der Waals surface area contributed by atoms with Crippen molar-refractivity contribution in [2.24, 2.45) is 5.92 Å². The molecule has 6 nitrogen and oxygen atoms in total. The van der Waals surface area contributed by atoms with Gasteiger partial charge in [0.15, 0.2) is 5.60 Å². The molecule has 1 saturated heterocycles. The second kappa shape index (κ2) is 5.41. The molecule has 138 valence electrons. The summed E-state index contributed by atoms with van der Waals surface area (Å²) in [6, 6.07) is 3.54. The molecule has 0 spiro atoms. The zero-order chi connectivity index (χ0) is 18.9. The maximum absolute atomic E-state index is 13.5. The fourth-order valence-electron chi connectivity index (χ4n) is 4.50. The summed E-state index contributed by atoms with van der Waals surface area (Å²) in [5, 5.41) is 11.6. The fraction of sp³-hybridized carbons (Fsp3) is 0.500. The van der Waals surface area contributed by atoms with E-state index in [9.17, 15) is 14.7 Å². The summed E-state index contributed by atoms with van der Waals surface area (Å²) in [5.41, 5.74) is 0.395. The zero-order valence-electron chi connectivity index (χ0n) is 15.5. The van der Waals surface area contributed by atoms with Crippen molar-refractivity contribution in [1.82, 2.24) is 0 Å². The molecule has 1 fully saturated rings. The van der Waals surface area contributed by atoms with Crippen LogP contribution >= 0.6 is 0 Å². The number of hydrogen-bond acceptors (Lipinski definition) is 5. The van der Waals surface area contributed by atoms with Crippen LogP contribution in [0.15, 0.2) is 18.2 Å². The van der Waals surface area contributed by atoms with Gasteiger partial charge in [0.25, 0.3) is 5.91 Å². The maximum atomic E-state index is 13.5. The van der Waals surface area contributed by atoms with E-state index in [1.54, 1.807) is 18.1 Å². The van der Waals surface area contributed by atoms with Crippen LogP contribution in [0.5, 0.6) is 5.75 Å². The third-order valence-corrected chi connectivity index (χ3v) is 5.72. The van der Waals surface area contributed by atoms with E-state index >= 15 is 0 Å². The largest absolute Gasteiger partial charge is 0.497 e. The number of Topliss-reactive ketones (excluding diaryl/α,β-unsaturated/α-hetero) is 1. The average molecular weight is 357 g/mol. The van der Waals surface area contributed by atoms with Crippen molar-refractivity contribution in [1.29, 1.82) is 0 Å². The van der Waals surface area contributed by atoms with Crippen molar-refractivity contribution in [3.05, 3.63) is 29.3 Å². The summed E-state index contributed by atoms with van der Waals surface area (Å²) < 4.78 is 10.8. The van der Waals surface area contributed by atoms with Crippen LogP contribution in [-0.2, 0) is 19.9 Å². The Labute approximate surface area is 152 Å². The van der Waals surface area contributed by atoms with E-state index in [-0.39, 0.29) is 18.8 Å². The Balaban J connectivity index is 2.01. The second-order valence-electron chi connectivity index (χ2n) is 7.80. The fourth-order valence-corrected chi connectivity index (χ4v) is 4.50. The first-order chi connectivity index (χ1) is 12.2. The average Bonchev–Trinajstić information content (AvgIpc) is 2.82. The Morgan fingerprint density at radius 3 is 2.69 bits per heavy atom. The van der Waals surface area contributed by atoms with Crippen LogP contribution in [0.1, 0.15) is 38.3 Å². The first kappa shape index (κ1) is 17.2. The van der Waals surface area contributed by atoms with Crippen LogP contribution < -0.4 is 9.64 Å². The molecule has 1 aromatic rings. The molecule has 3 aliphatic rings. The molecule has 0 aliphatic carbocycles. The minimum atomic E-state index is -1.94. The van der Waals surface area contributed by atoms with Crippen molar-refractivity contribution in [3.63, 3.8) is 0 Å².